The summed E-state index contributed by atoms with van der Waals surface area (Å²) >= 11 is 0. The lowest BCUT2D eigenvalue weighted by atomic mass is 10.2. The van der Waals surface area contributed by atoms with Gasteiger partial charge in [0.05, 0.1) is 0 Å². The van der Waals surface area contributed by atoms with Crippen molar-refractivity contribution < 1.29 is 4.39 Å². The number of anilines is 2. The molecule has 2 aromatic rings. The van der Waals surface area contributed by atoms with Crippen LogP contribution in [0.4, 0.5) is 16.0 Å². The summed E-state index contributed by atoms with van der Waals surface area (Å²) < 4.78 is 12.9. The molecule has 0 radical (unpaired) electrons. The monoisotopic (exact) mass is 317 g/mol. The number of aromatic nitrogens is 2. The van der Waals surface area contributed by atoms with E-state index < -0.39 is 0 Å². The Morgan fingerprint density at radius 1 is 1.04 bits per heavy atom. The molecule has 1 aromatic heterocycles. The molecular formula is C17H24FN5. The van der Waals surface area contributed by atoms with E-state index in [9.17, 15) is 4.39 Å². The van der Waals surface area contributed by atoms with Crippen LogP contribution in [0.5, 0.6) is 0 Å². The highest BCUT2D eigenvalue weighted by molar-refractivity contribution is 5.47. The fourth-order valence-corrected chi connectivity index (χ4v) is 2.16. The molecule has 0 saturated carbocycles. The Balaban J connectivity index is 1.90. The molecule has 2 N–H and O–H groups in total. The third-order valence-corrected chi connectivity index (χ3v) is 3.31. The van der Waals surface area contributed by atoms with Crippen LogP contribution in [0.2, 0.25) is 0 Å². The lowest BCUT2D eigenvalue weighted by molar-refractivity contribution is 0.405. The Bertz CT molecular complexity index is 613. The topological polar surface area (TPSA) is 53.1 Å². The van der Waals surface area contributed by atoms with E-state index in [0.717, 1.165) is 36.7 Å². The molecule has 1 heterocycles. The van der Waals surface area contributed by atoms with Gasteiger partial charge in [-0.3, -0.25) is 0 Å². The number of rotatable bonds is 8. The first-order chi connectivity index (χ1) is 11.0. The largest absolute Gasteiger partial charge is 0.370 e. The van der Waals surface area contributed by atoms with Crippen molar-refractivity contribution >= 4 is 11.6 Å². The van der Waals surface area contributed by atoms with E-state index in [-0.39, 0.29) is 5.82 Å². The van der Waals surface area contributed by atoms with Crippen molar-refractivity contribution in [3.05, 3.63) is 47.5 Å². The van der Waals surface area contributed by atoms with Crippen LogP contribution in [0.3, 0.4) is 0 Å². The molecule has 0 aliphatic heterocycles. The van der Waals surface area contributed by atoms with Crippen molar-refractivity contribution in [2.24, 2.45) is 0 Å². The molecule has 0 bridgehead atoms. The van der Waals surface area contributed by atoms with Crippen LogP contribution in [-0.4, -0.2) is 42.1 Å². The van der Waals surface area contributed by atoms with Crippen molar-refractivity contribution in [2.75, 3.05) is 37.8 Å². The van der Waals surface area contributed by atoms with Crippen LogP contribution >= 0.6 is 0 Å². The molecule has 1 aromatic carbocycles. The van der Waals surface area contributed by atoms with Crippen LogP contribution in [0.25, 0.3) is 0 Å². The van der Waals surface area contributed by atoms with Gasteiger partial charge in [0.1, 0.15) is 23.3 Å². The molecule has 0 aliphatic rings. The minimum Gasteiger partial charge on any atom is -0.370 e. The molecule has 0 atom stereocenters. The van der Waals surface area contributed by atoms with Gasteiger partial charge in [-0.2, -0.15) is 0 Å². The highest BCUT2D eigenvalue weighted by Crippen LogP contribution is 2.13. The van der Waals surface area contributed by atoms with Gasteiger partial charge < -0.3 is 15.5 Å². The van der Waals surface area contributed by atoms with Gasteiger partial charge in [-0.1, -0.05) is 12.1 Å². The first-order valence-corrected chi connectivity index (χ1v) is 7.75. The van der Waals surface area contributed by atoms with E-state index in [4.69, 9.17) is 0 Å². The smallest absolute Gasteiger partial charge is 0.132 e. The number of benzene rings is 1. The molecule has 2 rings (SSSR count). The molecule has 0 amide bonds. The second-order valence-electron chi connectivity index (χ2n) is 5.75. The van der Waals surface area contributed by atoms with Gasteiger partial charge in [-0.15, -0.1) is 0 Å². The van der Waals surface area contributed by atoms with Gasteiger partial charge in [0.25, 0.3) is 0 Å². The summed E-state index contributed by atoms with van der Waals surface area (Å²) in [5.74, 6) is 2.06. The lowest BCUT2D eigenvalue weighted by Gasteiger charge is -2.12. The molecule has 0 saturated heterocycles. The summed E-state index contributed by atoms with van der Waals surface area (Å²) in [6.07, 6.45) is 1.05. The Hall–Kier alpha value is -2.21. The SMILES string of the molecule is Cc1nc(NCCCN(C)C)cc(NCc2ccc(F)cc2)n1. The van der Waals surface area contributed by atoms with Crippen LogP contribution in [0.1, 0.15) is 17.8 Å². The maximum absolute atomic E-state index is 12.9. The van der Waals surface area contributed by atoms with Gasteiger partial charge in [0.2, 0.25) is 0 Å². The first-order valence-electron chi connectivity index (χ1n) is 7.75. The summed E-state index contributed by atoms with van der Waals surface area (Å²) in [5, 5.41) is 6.57. The zero-order valence-electron chi connectivity index (χ0n) is 13.9. The lowest BCUT2D eigenvalue weighted by Crippen LogP contribution is -2.17. The molecule has 6 heteroatoms. The van der Waals surface area contributed by atoms with Crippen molar-refractivity contribution in [3.63, 3.8) is 0 Å². The zero-order valence-corrected chi connectivity index (χ0v) is 13.9. The van der Waals surface area contributed by atoms with Gasteiger partial charge in [-0.05, 0) is 51.7 Å². The minimum absolute atomic E-state index is 0.226. The average Bonchev–Trinajstić information content (AvgIpc) is 2.50. The van der Waals surface area contributed by atoms with Crippen molar-refractivity contribution in [1.82, 2.24) is 14.9 Å². The van der Waals surface area contributed by atoms with Crippen molar-refractivity contribution in [1.29, 1.82) is 0 Å². The van der Waals surface area contributed by atoms with Crippen LogP contribution in [-0.2, 0) is 6.54 Å². The average molecular weight is 317 g/mol. The molecule has 5 nitrogen and oxygen atoms in total. The molecule has 0 spiro atoms. The Labute approximate surface area is 137 Å². The van der Waals surface area contributed by atoms with Crippen molar-refractivity contribution in [2.45, 2.75) is 19.9 Å². The van der Waals surface area contributed by atoms with E-state index in [1.807, 2.05) is 13.0 Å². The highest BCUT2D eigenvalue weighted by Gasteiger charge is 2.02. The summed E-state index contributed by atoms with van der Waals surface area (Å²) in [6, 6.07) is 8.33. The third-order valence-electron chi connectivity index (χ3n) is 3.31. The normalized spacial score (nSPS) is 10.8. The van der Waals surface area contributed by atoms with Crippen LogP contribution < -0.4 is 10.6 Å². The van der Waals surface area contributed by atoms with E-state index >= 15 is 0 Å². The Kier molecular flexibility index (Phi) is 6.29. The number of hydrogen-bond acceptors (Lipinski definition) is 5. The standard InChI is InChI=1S/C17H24FN5/c1-13-21-16(19-9-4-10-23(2)3)11-17(22-13)20-12-14-5-7-15(18)8-6-14/h5-8,11H,4,9-10,12H2,1-3H3,(H2,19,20,21,22). The molecular weight excluding hydrogens is 293 g/mol. The number of nitrogens with one attached hydrogen (secondary N) is 2. The maximum Gasteiger partial charge on any atom is 0.132 e. The third kappa shape index (κ3) is 6.20. The van der Waals surface area contributed by atoms with E-state index in [2.05, 4.69) is 39.6 Å². The molecule has 0 fully saturated rings. The summed E-state index contributed by atoms with van der Waals surface area (Å²) in [7, 11) is 4.12. The zero-order chi connectivity index (χ0) is 16.7. The van der Waals surface area contributed by atoms with Gasteiger partial charge in [-0.25, -0.2) is 14.4 Å². The maximum atomic E-state index is 12.9. The number of halogens is 1. The van der Waals surface area contributed by atoms with Crippen LogP contribution in [0, 0.1) is 12.7 Å². The van der Waals surface area contributed by atoms with E-state index in [1.165, 1.54) is 12.1 Å². The highest BCUT2D eigenvalue weighted by atomic mass is 19.1. The fraction of sp³-hybridized carbons (Fsp3) is 0.412. The summed E-state index contributed by atoms with van der Waals surface area (Å²) in [6.45, 7) is 4.36. The van der Waals surface area contributed by atoms with E-state index in [0.29, 0.717) is 12.4 Å². The first kappa shape index (κ1) is 17.1. The fourth-order valence-electron chi connectivity index (χ4n) is 2.16. The summed E-state index contributed by atoms with van der Waals surface area (Å²) in [4.78, 5) is 10.9. The number of aryl methyl sites for hydroxylation is 1. The molecule has 23 heavy (non-hydrogen) atoms. The number of hydrogen-bond donors (Lipinski definition) is 2. The van der Waals surface area contributed by atoms with Gasteiger partial charge in [0.15, 0.2) is 0 Å². The minimum atomic E-state index is -0.226. The van der Waals surface area contributed by atoms with Crippen LogP contribution in [0.15, 0.2) is 30.3 Å². The van der Waals surface area contributed by atoms with Crippen molar-refractivity contribution in [3.8, 4) is 0 Å². The second kappa shape index (κ2) is 8.43. The summed E-state index contributed by atoms with van der Waals surface area (Å²) in [5.41, 5.74) is 1.00. The Morgan fingerprint density at radius 3 is 2.35 bits per heavy atom. The van der Waals surface area contributed by atoms with Gasteiger partial charge in [0, 0.05) is 19.2 Å². The Morgan fingerprint density at radius 2 is 1.70 bits per heavy atom. The molecule has 0 unspecified atom stereocenters. The van der Waals surface area contributed by atoms with E-state index in [1.54, 1.807) is 12.1 Å². The molecule has 124 valence electrons. The predicted octanol–water partition coefficient (Wildman–Crippen LogP) is 2.90. The number of nitrogens with zero attached hydrogens (tertiary/aromatic N) is 3. The second-order valence-corrected chi connectivity index (χ2v) is 5.75. The van der Waals surface area contributed by atoms with Gasteiger partial charge >= 0.3 is 0 Å². The quantitative estimate of drug-likeness (QED) is 0.733. The molecule has 0 aliphatic carbocycles. The predicted molar refractivity (Wildman–Crippen MR) is 92.2 cm³/mol.